The van der Waals surface area contributed by atoms with E-state index in [0.717, 1.165) is 31.2 Å². The fraction of sp³-hybridized carbons (Fsp3) is 0.474. The zero-order valence-corrected chi connectivity index (χ0v) is 14.8. The Bertz CT molecular complexity index is 921. The van der Waals surface area contributed by atoms with Gasteiger partial charge in [0.25, 0.3) is 5.69 Å². The molecule has 2 aromatic rings. The molecule has 2 fully saturated rings. The first kappa shape index (κ1) is 17.5. The highest BCUT2D eigenvalue weighted by molar-refractivity contribution is 5.92. The van der Waals surface area contributed by atoms with Gasteiger partial charge in [-0.05, 0) is 36.8 Å². The van der Waals surface area contributed by atoms with E-state index in [1.54, 1.807) is 17.2 Å². The van der Waals surface area contributed by atoms with Gasteiger partial charge in [-0.1, -0.05) is 12.8 Å². The Morgan fingerprint density at radius 1 is 1.30 bits per heavy atom. The van der Waals surface area contributed by atoms with Crippen molar-refractivity contribution in [3.63, 3.8) is 0 Å². The number of hydrogen-bond donors (Lipinski definition) is 2. The number of carboxylic acids is 1. The third kappa shape index (κ3) is 3.05. The number of fused-ring (bicyclic) bond motifs is 2. The molecule has 3 unspecified atom stereocenters. The summed E-state index contributed by atoms with van der Waals surface area (Å²) in [6, 6.07) is 3.71. The second-order valence-corrected chi connectivity index (χ2v) is 7.48. The van der Waals surface area contributed by atoms with Crippen molar-refractivity contribution in [1.29, 1.82) is 0 Å². The molecule has 0 bridgehead atoms. The minimum atomic E-state index is -0.952. The van der Waals surface area contributed by atoms with Crippen LogP contribution >= 0.6 is 0 Å². The second-order valence-electron chi connectivity index (χ2n) is 7.48. The number of nitro benzene ring substituents is 1. The lowest BCUT2D eigenvalue weighted by Gasteiger charge is -2.33. The van der Waals surface area contributed by atoms with Crippen molar-refractivity contribution in [2.75, 3.05) is 0 Å². The summed E-state index contributed by atoms with van der Waals surface area (Å²) in [7, 11) is 0. The van der Waals surface area contributed by atoms with Gasteiger partial charge in [-0.25, -0.2) is 4.79 Å². The van der Waals surface area contributed by atoms with E-state index in [-0.39, 0.29) is 30.0 Å². The predicted molar refractivity (Wildman–Crippen MR) is 97.3 cm³/mol. The van der Waals surface area contributed by atoms with Gasteiger partial charge in [0.2, 0.25) is 5.91 Å². The third-order valence-corrected chi connectivity index (χ3v) is 5.96. The molecule has 142 valence electrons. The number of aromatic nitrogens is 1. The highest BCUT2D eigenvalue weighted by atomic mass is 16.6. The molecule has 1 aliphatic carbocycles. The summed E-state index contributed by atoms with van der Waals surface area (Å²) in [5.41, 5.74) is 1.34. The smallest absolute Gasteiger partial charge is 0.326 e. The molecular formula is C19H21N3O5. The SMILES string of the molecule is O=C(O)C1CC2CCCCC2N1C(=O)Cc1c[nH]c2ccc([N+](=O)[O-])cc12. The lowest BCUT2D eigenvalue weighted by molar-refractivity contribution is -0.384. The number of carbonyl (C=O) groups excluding carboxylic acids is 1. The number of benzene rings is 1. The molecule has 0 radical (unpaired) electrons. The molecule has 8 nitrogen and oxygen atoms in total. The lowest BCUT2D eigenvalue weighted by atomic mass is 9.84. The van der Waals surface area contributed by atoms with Gasteiger partial charge in [-0.2, -0.15) is 0 Å². The van der Waals surface area contributed by atoms with Crippen molar-refractivity contribution in [3.8, 4) is 0 Å². The average Bonchev–Trinajstić information content (AvgIpc) is 3.22. The number of non-ortho nitro benzene ring substituents is 1. The number of nitrogens with zero attached hydrogens (tertiary/aromatic N) is 2. The molecule has 1 amide bonds. The molecule has 1 saturated heterocycles. The number of nitrogens with one attached hydrogen (secondary N) is 1. The van der Waals surface area contributed by atoms with Gasteiger partial charge in [-0.3, -0.25) is 14.9 Å². The van der Waals surface area contributed by atoms with Crippen molar-refractivity contribution in [1.82, 2.24) is 9.88 Å². The van der Waals surface area contributed by atoms with E-state index in [1.165, 1.54) is 12.1 Å². The quantitative estimate of drug-likeness (QED) is 0.633. The summed E-state index contributed by atoms with van der Waals surface area (Å²) in [4.78, 5) is 40.0. The molecule has 3 atom stereocenters. The number of carboxylic acid groups (broad SMARTS) is 1. The van der Waals surface area contributed by atoms with Gasteiger partial charge in [0.05, 0.1) is 11.3 Å². The normalized spacial score (nSPS) is 24.7. The minimum Gasteiger partial charge on any atom is -0.480 e. The second kappa shape index (κ2) is 6.68. The molecule has 1 aromatic heterocycles. The number of carbonyl (C=O) groups is 2. The van der Waals surface area contributed by atoms with E-state index in [2.05, 4.69) is 4.98 Å². The molecule has 27 heavy (non-hydrogen) atoms. The fourth-order valence-corrected chi connectivity index (χ4v) is 4.72. The Kier molecular flexibility index (Phi) is 4.33. The monoisotopic (exact) mass is 371 g/mol. The minimum absolute atomic E-state index is 0.00751. The number of rotatable bonds is 4. The molecule has 4 rings (SSSR count). The highest BCUT2D eigenvalue weighted by Gasteiger charge is 2.47. The van der Waals surface area contributed by atoms with Crippen LogP contribution in [0.4, 0.5) is 5.69 Å². The summed E-state index contributed by atoms with van der Waals surface area (Å²) in [5.74, 6) is -0.913. The Hall–Kier alpha value is -2.90. The Balaban J connectivity index is 1.62. The fourth-order valence-electron chi connectivity index (χ4n) is 4.72. The van der Waals surface area contributed by atoms with Gasteiger partial charge < -0.3 is 15.0 Å². The molecule has 1 saturated carbocycles. The summed E-state index contributed by atoms with van der Waals surface area (Å²) < 4.78 is 0. The largest absolute Gasteiger partial charge is 0.480 e. The molecule has 8 heteroatoms. The molecule has 1 aliphatic heterocycles. The molecular weight excluding hydrogens is 350 g/mol. The molecule has 2 N–H and O–H groups in total. The Morgan fingerprint density at radius 2 is 2.07 bits per heavy atom. The first-order valence-electron chi connectivity index (χ1n) is 9.24. The number of hydrogen-bond acceptors (Lipinski definition) is 4. The van der Waals surface area contributed by atoms with E-state index < -0.39 is 16.9 Å². The maximum absolute atomic E-state index is 13.1. The maximum atomic E-state index is 13.1. The van der Waals surface area contributed by atoms with E-state index >= 15 is 0 Å². The van der Waals surface area contributed by atoms with Crippen molar-refractivity contribution in [2.45, 2.75) is 50.6 Å². The predicted octanol–water partition coefficient (Wildman–Crippen LogP) is 2.86. The lowest BCUT2D eigenvalue weighted by Crippen LogP contribution is -2.46. The molecule has 1 aromatic carbocycles. The molecule has 0 spiro atoms. The van der Waals surface area contributed by atoms with Crippen LogP contribution in [0.2, 0.25) is 0 Å². The van der Waals surface area contributed by atoms with Gasteiger partial charge in [0.1, 0.15) is 6.04 Å². The van der Waals surface area contributed by atoms with Crippen LogP contribution in [0.25, 0.3) is 10.9 Å². The summed E-state index contributed by atoms with van der Waals surface area (Å²) >= 11 is 0. The number of aromatic amines is 1. The Labute approximate surface area is 155 Å². The summed E-state index contributed by atoms with van der Waals surface area (Å²) in [6.07, 6.45) is 6.14. The van der Waals surface area contributed by atoms with Crippen LogP contribution in [0.15, 0.2) is 24.4 Å². The number of H-pyrrole nitrogens is 1. The van der Waals surface area contributed by atoms with Gasteiger partial charge >= 0.3 is 5.97 Å². The maximum Gasteiger partial charge on any atom is 0.326 e. The first-order chi connectivity index (χ1) is 13.0. The average molecular weight is 371 g/mol. The Morgan fingerprint density at radius 3 is 2.81 bits per heavy atom. The van der Waals surface area contributed by atoms with E-state index in [0.29, 0.717) is 17.4 Å². The van der Waals surface area contributed by atoms with E-state index in [4.69, 9.17) is 0 Å². The summed E-state index contributed by atoms with van der Waals surface area (Å²) in [6.45, 7) is 0. The van der Waals surface area contributed by atoms with Crippen LogP contribution in [0.1, 0.15) is 37.7 Å². The van der Waals surface area contributed by atoms with Crippen LogP contribution < -0.4 is 0 Å². The van der Waals surface area contributed by atoms with Crippen molar-refractivity contribution >= 4 is 28.5 Å². The summed E-state index contributed by atoms with van der Waals surface area (Å²) in [5, 5.41) is 21.3. The van der Waals surface area contributed by atoms with E-state index in [9.17, 15) is 24.8 Å². The zero-order chi connectivity index (χ0) is 19.1. The van der Waals surface area contributed by atoms with Crippen LogP contribution in [0.5, 0.6) is 0 Å². The van der Waals surface area contributed by atoms with Gasteiger partial charge in [0, 0.05) is 35.3 Å². The van der Waals surface area contributed by atoms with Gasteiger partial charge in [0.15, 0.2) is 0 Å². The molecule has 2 heterocycles. The van der Waals surface area contributed by atoms with Crippen molar-refractivity contribution in [3.05, 3.63) is 40.1 Å². The van der Waals surface area contributed by atoms with Gasteiger partial charge in [-0.15, -0.1) is 0 Å². The van der Waals surface area contributed by atoms with Crippen LogP contribution in [-0.4, -0.2) is 43.9 Å². The number of likely N-dealkylation sites (tertiary alicyclic amines) is 1. The zero-order valence-electron chi connectivity index (χ0n) is 14.8. The van der Waals surface area contributed by atoms with Crippen LogP contribution in [-0.2, 0) is 16.0 Å². The molecule has 2 aliphatic rings. The standard InChI is InChI=1S/C19H21N3O5/c23-18(21-16-4-2-1-3-11(16)7-17(21)19(24)25)8-12-10-20-15-6-5-13(22(26)27)9-14(12)15/h5-6,9-11,16-17,20H,1-4,7-8H2,(H,24,25). The third-order valence-electron chi connectivity index (χ3n) is 5.96. The van der Waals surface area contributed by atoms with Crippen LogP contribution in [0, 0.1) is 16.0 Å². The topological polar surface area (TPSA) is 117 Å². The van der Waals surface area contributed by atoms with E-state index in [1.807, 2.05) is 0 Å². The number of amides is 1. The first-order valence-corrected chi connectivity index (χ1v) is 9.24. The van der Waals surface area contributed by atoms with Crippen molar-refractivity contribution in [2.24, 2.45) is 5.92 Å². The number of aliphatic carboxylic acids is 1. The van der Waals surface area contributed by atoms with Crippen molar-refractivity contribution < 1.29 is 19.6 Å². The van der Waals surface area contributed by atoms with Crippen LogP contribution in [0.3, 0.4) is 0 Å². The number of nitro groups is 1. The highest BCUT2D eigenvalue weighted by Crippen LogP contribution is 2.40.